The average molecular weight is 190 g/mol. The quantitative estimate of drug-likeness (QED) is 0.733. The second-order valence-electron chi connectivity index (χ2n) is 2.79. The van der Waals surface area contributed by atoms with Crippen LogP contribution in [0.1, 0.15) is 18.1 Å². The van der Waals surface area contributed by atoms with Crippen molar-refractivity contribution in [3.05, 3.63) is 35.4 Å². The maximum absolute atomic E-state index is 8.50. The van der Waals surface area contributed by atoms with Crippen LogP contribution in [0.3, 0.4) is 0 Å². The fraction of sp³-hybridized carbons (Fsp3) is 0.333. The largest absolute Gasteiger partial charge is 0.384 e. The number of rotatable bonds is 3. The Morgan fingerprint density at radius 3 is 2.57 bits per heavy atom. The number of aliphatic hydroxyl groups is 1. The summed E-state index contributed by atoms with van der Waals surface area (Å²) in [6.07, 6.45) is 0. The Morgan fingerprint density at radius 1 is 1.29 bits per heavy atom. The molecule has 0 amide bonds. The predicted molar refractivity (Wildman–Crippen MR) is 55.7 cm³/mol. The molecule has 0 heterocycles. The first kappa shape index (κ1) is 10.8. The molecule has 0 aliphatic carbocycles. The maximum atomic E-state index is 8.50. The molecule has 0 atom stereocenters. The van der Waals surface area contributed by atoms with Gasteiger partial charge in [0.2, 0.25) is 0 Å². The molecule has 0 radical (unpaired) electrons. The first-order valence-electron chi connectivity index (χ1n) is 4.63. The molecule has 0 bridgehead atoms. The minimum absolute atomic E-state index is 0.0965. The minimum Gasteiger partial charge on any atom is -0.384 e. The van der Waals surface area contributed by atoms with Gasteiger partial charge in [-0.25, -0.2) is 0 Å². The predicted octanol–water partition coefficient (Wildman–Crippen LogP) is 1.57. The van der Waals surface area contributed by atoms with Gasteiger partial charge in [0.05, 0.1) is 6.61 Å². The van der Waals surface area contributed by atoms with Crippen molar-refractivity contribution in [2.75, 3.05) is 13.2 Å². The van der Waals surface area contributed by atoms with Crippen molar-refractivity contribution in [1.29, 1.82) is 0 Å². The molecule has 74 valence electrons. The van der Waals surface area contributed by atoms with Gasteiger partial charge in [-0.15, -0.1) is 0 Å². The normalized spacial score (nSPS) is 9.29. The summed E-state index contributed by atoms with van der Waals surface area (Å²) in [6, 6.07) is 7.82. The summed E-state index contributed by atoms with van der Waals surface area (Å²) < 4.78 is 5.26. The van der Waals surface area contributed by atoms with Crippen LogP contribution in [0, 0.1) is 11.8 Å². The van der Waals surface area contributed by atoms with E-state index in [1.54, 1.807) is 0 Å². The monoisotopic (exact) mass is 190 g/mol. The molecule has 1 rings (SSSR count). The Labute approximate surface area is 84.5 Å². The molecule has 0 aromatic heterocycles. The highest BCUT2D eigenvalue weighted by Crippen LogP contribution is 2.04. The SMILES string of the molecule is CCOCc1ccc(C#CCO)cc1. The Hall–Kier alpha value is -1.30. The molecule has 14 heavy (non-hydrogen) atoms. The second-order valence-corrected chi connectivity index (χ2v) is 2.79. The van der Waals surface area contributed by atoms with Crippen LogP contribution in [0.15, 0.2) is 24.3 Å². The lowest BCUT2D eigenvalue weighted by Crippen LogP contribution is -1.91. The number of aliphatic hydroxyl groups excluding tert-OH is 1. The van der Waals surface area contributed by atoms with Crippen LogP contribution in [-0.4, -0.2) is 18.3 Å². The molecule has 0 unspecified atom stereocenters. The highest BCUT2D eigenvalue weighted by molar-refractivity contribution is 5.35. The van der Waals surface area contributed by atoms with E-state index in [9.17, 15) is 0 Å². The first-order valence-corrected chi connectivity index (χ1v) is 4.63. The summed E-state index contributed by atoms with van der Waals surface area (Å²) in [6.45, 7) is 3.25. The molecule has 0 saturated heterocycles. The smallest absolute Gasteiger partial charge is 0.104 e. The molecule has 0 aliphatic heterocycles. The number of hydrogen-bond acceptors (Lipinski definition) is 2. The van der Waals surface area contributed by atoms with Gasteiger partial charge in [0.25, 0.3) is 0 Å². The van der Waals surface area contributed by atoms with Gasteiger partial charge in [0.1, 0.15) is 6.61 Å². The molecular formula is C12H14O2. The van der Waals surface area contributed by atoms with E-state index in [1.165, 1.54) is 0 Å². The molecule has 0 saturated carbocycles. The summed E-state index contributed by atoms with van der Waals surface area (Å²) in [4.78, 5) is 0. The van der Waals surface area contributed by atoms with E-state index in [0.717, 1.165) is 17.7 Å². The molecule has 0 fully saturated rings. The lowest BCUT2D eigenvalue weighted by atomic mass is 10.1. The third kappa shape index (κ3) is 3.61. The summed E-state index contributed by atoms with van der Waals surface area (Å²) in [5, 5.41) is 8.50. The summed E-state index contributed by atoms with van der Waals surface area (Å²) in [5.41, 5.74) is 2.06. The molecule has 1 aromatic carbocycles. The molecule has 1 N–H and O–H groups in total. The van der Waals surface area contributed by atoms with Crippen LogP contribution < -0.4 is 0 Å². The highest BCUT2D eigenvalue weighted by Gasteiger charge is 1.91. The summed E-state index contributed by atoms with van der Waals surface area (Å²) in [5.74, 6) is 5.44. The van der Waals surface area contributed by atoms with E-state index in [0.29, 0.717) is 6.61 Å². The zero-order chi connectivity index (χ0) is 10.2. The van der Waals surface area contributed by atoms with Crippen LogP contribution in [-0.2, 0) is 11.3 Å². The van der Waals surface area contributed by atoms with Gasteiger partial charge in [0.15, 0.2) is 0 Å². The lowest BCUT2D eigenvalue weighted by Gasteiger charge is -2.00. The van der Waals surface area contributed by atoms with Gasteiger partial charge in [0, 0.05) is 12.2 Å². The third-order valence-electron chi connectivity index (χ3n) is 1.74. The van der Waals surface area contributed by atoms with E-state index < -0.39 is 0 Å². The fourth-order valence-corrected chi connectivity index (χ4v) is 1.05. The van der Waals surface area contributed by atoms with E-state index in [1.807, 2.05) is 31.2 Å². The van der Waals surface area contributed by atoms with Crippen molar-refractivity contribution in [2.45, 2.75) is 13.5 Å². The van der Waals surface area contributed by atoms with Crippen molar-refractivity contribution < 1.29 is 9.84 Å². The Bertz CT molecular complexity index is 316. The Balaban J connectivity index is 2.59. The number of benzene rings is 1. The van der Waals surface area contributed by atoms with Gasteiger partial charge >= 0.3 is 0 Å². The second kappa shape index (κ2) is 6.20. The highest BCUT2D eigenvalue weighted by atomic mass is 16.5. The van der Waals surface area contributed by atoms with Gasteiger partial charge in [-0.1, -0.05) is 24.0 Å². The van der Waals surface area contributed by atoms with Crippen molar-refractivity contribution in [3.8, 4) is 11.8 Å². The minimum atomic E-state index is -0.0965. The molecule has 2 nitrogen and oxygen atoms in total. The zero-order valence-electron chi connectivity index (χ0n) is 8.29. The number of ether oxygens (including phenoxy) is 1. The zero-order valence-corrected chi connectivity index (χ0v) is 8.29. The molecular weight excluding hydrogens is 176 g/mol. The Morgan fingerprint density at radius 2 is 2.00 bits per heavy atom. The molecule has 0 aliphatic rings. The standard InChI is InChI=1S/C12H14O2/c1-2-14-10-12-7-5-11(6-8-12)4-3-9-13/h5-8,13H,2,9-10H2,1H3. The number of hydrogen-bond donors (Lipinski definition) is 1. The molecule has 1 aromatic rings. The third-order valence-corrected chi connectivity index (χ3v) is 1.74. The van der Waals surface area contributed by atoms with Crippen molar-refractivity contribution in [1.82, 2.24) is 0 Å². The van der Waals surface area contributed by atoms with Crippen molar-refractivity contribution in [2.24, 2.45) is 0 Å². The van der Waals surface area contributed by atoms with E-state index >= 15 is 0 Å². The lowest BCUT2D eigenvalue weighted by molar-refractivity contribution is 0.134. The van der Waals surface area contributed by atoms with Crippen LogP contribution in [0.25, 0.3) is 0 Å². The maximum Gasteiger partial charge on any atom is 0.104 e. The van der Waals surface area contributed by atoms with E-state index in [2.05, 4.69) is 11.8 Å². The Kier molecular flexibility index (Phi) is 4.77. The summed E-state index contributed by atoms with van der Waals surface area (Å²) >= 11 is 0. The van der Waals surface area contributed by atoms with Crippen LogP contribution in [0.2, 0.25) is 0 Å². The van der Waals surface area contributed by atoms with Crippen molar-refractivity contribution in [3.63, 3.8) is 0 Å². The molecule has 2 heteroatoms. The summed E-state index contributed by atoms with van der Waals surface area (Å²) in [7, 11) is 0. The van der Waals surface area contributed by atoms with Gasteiger partial charge < -0.3 is 9.84 Å². The van der Waals surface area contributed by atoms with Crippen LogP contribution >= 0.6 is 0 Å². The first-order chi connectivity index (χ1) is 6.86. The van der Waals surface area contributed by atoms with E-state index in [-0.39, 0.29) is 6.61 Å². The van der Waals surface area contributed by atoms with Crippen LogP contribution in [0.4, 0.5) is 0 Å². The fourth-order valence-electron chi connectivity index (χ4n) is 1.05. The van der Waals surface area contributed by atoms with Crippen molar-refractivity contribution >= 4 is 0 Å². The topological polar surface area (TPSA) is 29.5 Å². The van der Waals surface area contributed by atoms with Gasteiger partial charge in [-0.2, -0.15) is 0 Å². The van der Waals surface area contributed by atoms with Gasteiger partial charge in [-0.05, 0) is 24.6 Å². The van der Waals surface area contributed by atoms with E-state index in [4.69, 9.17) is 9.84 Å². The average Bonchev–Trinajstić information content (AvgIpc) is 2.25. The molecule has 0 spiro atoms. The van der Waals surface area contributed by atoms with Crippen LogP contribution in [0.5, 0.6) is 0 Å². The van der Waals surface area contributed by atoms with Gasteiger partial charge in [-0.3, -0.25) is 0 Å².